The standard InChI is InChI=1S/C16H22N4OS/c1-12-16-18-8-14(11-21-10-13-2-3-13)20(16)6-5-19(12)9-15-17-4-7-22-15/h4,7-8,12-13H,2-3,5-6,9-11H2,1H3. The van der Waals surface area contributed by atoms with E-state index in [1.165, 1.54) is 23.5 Å². The third-order valence-electron chi connectivity index (χ3n) is 4.62. The van der Waals surface area contributed by atoms with Crippen LogP contribution in [0.15, 0.2) is 17.8 Å². The van der Waals surface area contributed by atoms with Gasteiger partial charge >= 0.3 is 0 Å². The van der Waals surface area contributed by atoms with Crippen molar-refractivity contribution in [2.45, 2.75) is 45.5 Å². The van der Waals surface area contributed by atoms with Crippen LogP contribution < -0.4 is 0 Å². The number of aromatic nitrogens is 3. The number of thiazole rings is 1. The quantitative estimate of drug-likeness (QED) is 0.821. The molecule has 2 aliphatic rings. The van der Waals surface area contributed by atoms with Crippen LogP contribution in [-0.4, -0.2) is 32.6 Å². The second kappa shape index (κ2) is 6.10. The first-order valence-electron chi connectivity index (χ1n) is 8.05. The van der Waals surface area contributed by atoms with Gasteiger partial charge in [-0.05, 0) is 25.7 Å². The van der Waals surface area contributed by atoms with E-state index in [2.05, 4.69) is 26.4 Å². The van der Waals surface area contributed by atoms with E-state index in [1.807, 2.05) is 17.8 Å². The van der Waals surface area contributed by atoms with Crippen LogP contribution >= 0.6 is 11.3 Å². The molecule has 22 heavy (non-hydrogen) atoms. The number of hydrogen-bond donors (Lipinski definition) is 0. The first-order valence-corrected chi connectivity index (χ1v) is 8.93. The van der Waals surface area contributed by atoms with Crippen LogP contribution in [0.5, 0.6) is 0 Å². The zero-order valence-corrected chi connectivity index (χ0v) is 13.8. The van der Waals surface area contributed by atoms with Gasteiger partial charge in [0.15, 0.2) is 0 Å². The maximum atomic E-state index is 5.83. The van der Waals surface area contributed by atoms with Crippen molar-refractivity contribution in [2.24, 2.45) is 5.92 Å². The number of ether oxygens (including phenoxy) is 1. The van der Waals surface area contributed by atoms with Crippen LogP contribution in [0.3, 0.4) is 0 Å². The summed E-state index contributed by atoms with van der Waals surface area (Å²) in [6, 6.07) is 0.329. The smallest absolute Gasteiger partial charge is 0.126 e. The SMILES string of the molecule is CC1c2ncc(COCC3CC3)n2CCN1Cc1nccs1. The van der Waals surface area contributed by atoms with Crippen molar-refractivity contribution >= 4 is 11.3 Å². The fourth-order valence-electron chi connectivity index (χ4n) is 3.05. The Hall–Kier alpha value is -1.24. The summed E-state index contributed by atoms with van der Waals surface area (Å²) < 4.78 is 8.18. The minimum Gasteiger partial charge on any atom is -0.375 e. The lowest BCUT2D eigenvalue weighted by molar-refractivity contribution is 0.101. The van der Waals surface area contributed by atoms with Crippen LogP contribution in [0.2, 0.25) is 0 Å². The molecule has 1 unspecified atom stereocenters. The number of nitrogens with zero attached hydrogens (tertiary/aromatic N) is 4. The molecule has 0 bridgehead atoms. The van der Waals surface area contributed by atoms with Gasteiger partial charge < -0.3 is 9.30 Å². The molecular weight excluding hydrogens is 296 g/mol. The van der Waals surface area contributed by atoms with Gasteiger partial charge in [-0.1, -0.05) is 0 Å². The number of imidazole rings is 1. The molecular formula is C16H22N4OS. The lowest BCUT2D eigenvalue weighted by Crippen LogP contribution is -2.37. The zero-order valence-electron chi connectivity index (χ0n) is 12.9. The van der Waals surface area contributed by atoms with Crippen molar-refractivity contribution in [3.63, 3.8) is 0 Å². The second-order valence-electron chi connectivity index (χ2n) is 6.29. The largest absolute Gasteiger partial charge is 0.375 e. The average molecular weight is 318 g/mol. The maximum absolute atomic E-state index is 5.83. The van der Waals surface area contributed by atoms with Gasteiger partial charge in [0.25, 0.3) is 0 Å². The summed E-state index contributed by atoms with van der Waals surface area (Å²) in [7, 11) is 0. The van der Waals surface area contributed by atoms with Gasteiger partial charge in [0.2, 0.25) is 0 Å². The summed E-state index contributed by atoms with van der Waals surface area (Å²) in [5, 5.41) is 3.22. The van der Waals surface area contributed by atoms with E-state index < -0.39 is 0 Å². The van der Waals surface area contributed by atoms with Gasteiger partial charge in [-0.15, -0.1) is 11.3 Å². The average Bonchev–Trinajstić information content (AvgIpc) is 3.03. The maximum Gasteiger partial charge on any atom is 0.126 e. The predicted molar refractivity (Wildman–Crippen MR) is 85.5 cm³/mol. The molecule has 1 fully saturated rings. The Balaban J connectivity index is 1.42. The monoisotopic (exact) mass is 318 g/mol. The Morgan fingerprint density at radius 3 is 3.00 bits per heavy atom. The lowest BCUT2D eigenvalue weighted by atomic mass is 10.2. The molecule has 0 aromatic carbocycles. The Kier molecular flexibility index (Phi) is 3.98. The summed E-state index contributed by atoms with van der Waals surface area (Å²) in [6.07, 6.45) is 6.55. The summed E-state index contributed by atoms with van der Waals surface area (Å²) in [4.78, 5) is 11.5. The van der Waals surface area contributed by atoms with Crippen LogP contribution in [0.4, 0.5) is 0 Å². The molecule has 0 saturated heterocycles. The molecule has 1 atom stereocenters. The Morgan fingerprint density at radius 1 is 1.32 bits per heavy atom. The zero-order chi connectivity index (χ0) is 14.9. The fourth-order valence-corrected chi connectivity index (χ4v) is 3.70. The van der Waals surface area contributed by atoms with Crippen molar-refractivity contribution < 1.29 is 4.74 Å². The molecule has 4 rings (SSSR count). The minimum absolute atomic E-state index is 0.329. The van der Waals surface area contributed by atoms with Crippen LogP contribution in [0.1, 0.15) is 42.3 Å². The summed E-state index contributed by atoms with van der Waals surface area (Å²) in [6.45, 7) is 6.79. The molecule has 1 saturated carbocycles. The van der Waals surface area contributed by atoms with E-state index in [0.717, 1.165) is 38.0 Å². The highest BCUT2D eigenvalue weighted by molar-refractivity contribution is 7.09. The van der Waals surface area contributed by atoms with Crippen LogP contribution in [0, 0.1) is 5.92 Å². The summed E-state index contributed by atoms with van der Waals surface area (Å²) in [5.74, 6) is 1.98. The first kappa shape index (κ1) is 14.4. The van der Waals surface area contributed by atoms with Crippen molar-refractivity contribution in [2.75, 3.05) is 13.2 Å². The van der Waals surface area contributed by atoms with Crippen molar-refractivity contribution in [1.29, 1.82) is 0 Å². The van der Waals surface area contributed by atoms with Crippen LogP contribution in [0.25, 0.3) is 0 Å². The summed E-state index contributed by atoms with van der Waals surface area (Å²) >= 11 is 1.72. The van der Waals surface area contributed by atoms with Gasteiger partial charge in [-0.3, -0.25) is 4.90 Å². The van der Waals surface area contributed by atoms with Gasteiger partial charge in [0.05, 0.1) is 31.1 Å². The molecule has 0 N–H and O–H groups in total. The highest BCUT2D eigenvalue weighted by Gasteiger charge is 2.28. The van der Waals surface area contributed by atoms with Gasteiger partial charge in [-0.2, -0.15) is 0 Å². The van der Waals surface area contributed by atoms with Gasteiger partial charge in [-0.25, -0.2) is 9.97 Å². The van der Waals surface area contributed by atoms with E-state index in [1.54, 1.807) is 11.3 Å². The molecule has 0 amide bonds. The molecule has 2 aromatic heterocycles. The van der Waals surface area contributed by atoms with E-state index in [9.17, 15) is 0 Å². The van der Waals surface area contributed by atoms with Crippen LogP contribution in [-0.2, 0) is 24.4 Å². The highest BCUT2D eigenvalue weighted by Crippen LogP contribution is 2.30. The van der Waals surface area contributed by atoms with E-state index in [0.29, 0.717) is 12.6 Å². The van der Waals surface area contributed by atoms with E-state index in [-0.39, 0.29) is 0 Å². The third-order valence-corrected chi connectivity index (χ3v) is 5.39. The van der Waals surface area contributed by atoms with Crippen molar-refractivity contribution in [3.05, 3.63) is 34.3 Å². The number of rotatable bonds is 6. The number of hydrogen-bond acceptors (Lipinski definition) is 5. The van der Waals surface area contributed by atoms with E-state index >= 15 is 0 Å². The topological polar surface area (TPSA) is 43.2 Å². The fraction of sp³-hybridized carbons (Fsp3) is 0.625. The first-order chi connectivity index (χ1) is 10.8. The van der Waals surface area contributed by atoms with Gasteiger partial charge in [0, 0.05) is 31.3 Å². The molecule has 1 aliphatic heterocycles. The normalized spacial score (nSPS) is 22.0. The predicted octanol–water partition coefficient (Wildman–Crippen LogP) is 2.84. The molecule has 118 valence electrons. The summed E-state index contributed by atoms with van der Waals surface area (Å²) in [5.41, 5.74) is 1.22. The third kappa shape index (κ3) is 2.95. The molecule has 3 heterocycles. The van der Waals surface area contributed by atoms with Crippen molar-refractivity contribution in [1.82, 2.24) is 19.4 Å². The molecule has 1 aliphatic carbocycles. The minimum atomic E-state index is 0.329. The van der Waals surface area contributed by atoms with Gasteiger partial charge in [0.1, 0.15) is 10.8 Å². The molecule has 2 aromatic rings. The molecule has 6 heteroatoms. The Labute approximate surface area is 134 Å². The van der Waals surface area contributed by atoms with Crippen molar-refractivity contribution in [3.8, 4) is 0 Å². The number of fused-ring (bicyclic) bond motifs is 1. The molecule has 5 nitrogen and oxygen atoms in total. The lowest BCUT2D eigenvalue weighted by Gasteiger charge is -2.33. The Morgan fingerprint density at radius 2 is 2.23 bits per heavy atom. The molecule has 0 radical (unpaired) electrons. The molecule has 0 spiro atoms. The highest BCUT2D eigenvalue weighted by atomic mass is 32.1. The van der Waals surface area contributed by atoms with E-state index in [4.69, 9.17) is 4.74 Å². The Bertz CT molecular complexity index is 620. The second-order valence-corrected chi connectivity index (χ2v) is 7.27.